The third-order valence-electron chi connectivity index (χ3n) is 22.7. The molecule has 0 aromatic heterocycles. The molecular formula is C95H183N25O18. The SMILES string of the molecule is CC(C)C[C@H](NC(=O)[C@H](CCCCN)NC(=O)[C@H](CC(C)C)NC(=O)[C@H](CC(C)C)NC(=O)[C@H](CCCCN)NC(=O)[C@H](CCCCN)NC(=O)[C@H](CC(C)C)NC(=O)[C@H](CC(C)C)NC(=O)[C@H](CO)NC(=O)[C@H](CC(C)C)NC(=O)[C@H](CC(C)C)NC(=O)[C@H](CCCCN)NC(=O)[C@H](CCCCN)NC(=O)[C@@H](N)CC(C)C)C(=O)N[C@@H](CCCCN)C(=O)NCC(=O)NCCCCCC(=O)NN. The smallest absolute Gasteiger partial charge is 0.245 e. The van der Waals surface area contributed by atoms with Crippen LogP contribution in [-0.2, 0) is 81.5 Å². The third kappa shape index (κ3) is 57.4. The second-order valence-electron chi connectivity index (χ2n) is 39.8. The van der Waals surface area contributed by atoms with Gasteiger partial charge in [0.05, 0.1) is 19.2 Å². The van der Waals surface area contributed by atoms with Gasteiger partial charge in [0.2, 0.25) is 100 Å². The summed E-state index contributed by atoms with van der Waals surface area (Å²) in [7, 11) is 0. The van der Waals surface area contributed by atoms with Crippen LogP contribution >= 0.6 is 0 Å². The van der Waals surface area contributed by atoms with Crippen LogP contribution in [0, 0.1) is 47.3 Å². The monoisotopic (exact) mass is 1960 g/mol. The number of hydrazine groups is 1. The molecule has 0 spiro atoms. The van der Waals surface area contributed by atoms with Gasteiger partial charge in [-0.25, -0.2) is 5.84 Å². The van der Waals surface area contributed by atoms with E-state index in [0.717, 1.165) is 0 Å². The lowest BCUT2D eigenvalue weighted by atomic mass is 9.98. The molecule has 0 saturated carbocycles. The minimum atomic E-state index is -1.72. The van der Waals surface area contributed by atoms with Crippen molar-refractivity contribution in [2.45, 2.75) is 394 Å². The first kappa shape index (κ1) is 129. The van der Waals surface area contributed by atoms with E-state index in [-0.39, 0.29) is 176 Å². The van der Waals surface area contributed by atoms with Crippen LogP contribution in [0.1, 0.15) is 303 Å². The minimum absolute atomic E-state index is 0.0000398. The number of carbonyl (C=O) groups excluding carboxylic acids is 17. The van der Waals surface area contributed by atoms with E-state index in [0.29, 0.717) is 116 Å². The summed E-state index contributed by atoms with van der Waals surface area (Å²) in [5.74, 6) is -8.80. The zero-order valence-electron chi connectivity index (χ0n) is 85.9. The molecule has 34 N–H and O–H groups in total. The molecule has 0 rings (SSSR count). The predicted octanol–water partition coefficient (Wildman–Crippen LogP) is -0.981. The maximum Gasteiger partial charge on any atom is 0.245 e. The lowest BCUT2D eigenvalue weighted by Crippen LogP contribution is -2.61. The van der Waals surface area contributed by atoms with E-state index in [9.17, 15) is 86.6 Å². The van der Waals surface area contributed by atoms with Crippen LogP contribution in [0.3, 0.4) is 0 Å². The Bertz CT molecular complexity index is 3630. The average Bonchev–Trinajstić information content (AvgIpc) is 0.851. The zero-order valence-corrected chi connectivity index (χ0v) is 85.9. The molecule has 0 fully saturated rings. The van der Waals surface area contributed by atoms with Crippen LogP contribution < -0.4 is 136 Å². The number of rotatable bonds is 78. The molecule has 17 amide bonds. The molecule has 0 aliphatic heterocycles. The average molecular weight is 1960 g/mol. The largest absolute Gasteiger partial charge is 0.394 e. The highest BCUT2D eigenvalue weighted by Crippen LogP contribution is 2.20. The van der Waals surface area contributed by atoms with Crippen molar-refractivity contribution in [1.82, 2.24) is 90.5 Å². The molecule has 0 aliphatic carbocycles. The molecule has 0 radical (unpaired) electrons. The molecule has 15 atom stereocenters. The minimum Gasteiger partial charge on any atom is -0.394 e. The fraction of sp³-hybridized carbons (Fsp3) is 0.821. The highest BCUT2D eigenvalue weighted by atomic mass is 16.3. The van der Waals surface area contributed by atoms with Crippen molar-refractivity contribution < 1.29 is 86.6 Å². The summed E-state index contributed by atoms with van der Waals surface area (Å²) in [5, 5.41) is 54.8. The fourth-order valence-corrected chi connectivity index (χ4v) is 15.4. The second-order valence-corrected chi connectivity index (χ2v) is 39.8. The molecule has 0 heterocycles. The number of hydrogen-bond acceptors (Lipinski definition) is 26. The number of carbonyl (C=O) groups is 17. The molecule has 43 nitrogen and oxygen atoms in total. The van der Waals surface area contributed by atoms with E-state index in [1.54, 1.807) is 41.5 Å². The Morgan fingerprint density at radius 3 is 0.623 bits per heavy atom. The van der Waals surface area contributed by atoms with Gasteiger partial charge >= 0.3 is 0 Å². The van der Waals surface area contributed by atoms with Crippen molar-refractivity contribution in [3.05, 3.63) is 0 Å². The third-order valence-corrected chi connectivity index (χ3v) is 22.7. The number of aliphatic hydroxyl groups excluding tert-OH is 1. The predicted molar refractivity (Wildman–Crippen MR) is 532 cm³/mol. The zero-order chi connectivity index (χ0) is 105. The topological polar surface area (TPSA) is 723 Å². The van der Waals surface area contributed by atoms with Gasteiger partial charge < -0.3 is 130 Å². The van der Waals surface area contributed by atoms with Gasteiger partial charge in [-0.15, -0.1) is 0 Å². The van der Waals surface area contributed by atoms with Crippen molar-refractivity contribution in [3.8, 4) is 0 Å². The number of amides is 17. The Morgan fingerprint density at radius 2 is 0.413 bits per heavy atom. The van der Waals surface area contributed by atoms with Crippen LogP contribution in [0.4, 0.5) is 0 Å². The standard InChI is InChI=1S/C95H183N25O18/c1-56(2)46-64(102)81(124)106-66(33-20-26-40-97)83(126)108-68(35-22-28-42-99)85(128)114-75(51-61(11)12)92(135)117-77(53-63(15)16)94(137)119-78(55-121)95(138)118-76(52-62(13)14)93(136)116-72(48-58(5)6)89(132)110-67(34-21-27-41-98)84(127)109-69(36-23-29-43-100)86(129)113-74(50-60(9)10)91(134)115-73(49-59(7)8)90(133)111-70(37-24-30-44-101)87(130)112-71(47-57(3)4)88(131)107-65(32-19-25-39-96)82(125)105-54-80(123)104-45-31-17-18-38-79(122)120-103/h56-78,121H,17-55,96-103H2,1-16H3,(H,104,123)(H,105,125)(H,106,124)(H,107,131)(H,108,126)(H,109,127)(H,110,132)(H,111,133)(H,112,130)(H,113,129)(H,114,128)(H,115,134)(H,116,136)(H,117,135)(H,118,138)(H,119,137)(H,120,122)/t64-,65-,66-,67-,68-,69-,70-,71-,72-,73-,74-,75-,76-,77-,78-/m0/s1. The number of nitrogens with one attached hydrogen (secondary N) is 17. The Hall–Kier alpha value is -9.37. The van der Waals surface area contributed by atoms with Gasteiger partial charge in [-0.2, -0.15) is 0 Å². The summed E-state index contributed by atoms with van der Waals surface area (Å²) in [6, 6.07) is -19.3. The van der Waals surface area contributed by atoms with Crippen molar-refractivity contribution in [2.75, 3.05) is 59.0 Å². The molecule has 0 aromatic rings. The second kappa shape index (κ2) is 73.7. The molecule has 0 aromatic carbocycles. The van der Waals surface area contributed by atoms with Gasteiger partial charge in [-0.05, 0) is 266 Å². The first-order valence-electron chi connectivity index (χ1n) is 50.5. The molecule has 796 valence electrons. The van der Waals surface area contributed by atoms with E-state index in [1.807, 2.05) is 69.2 Å². The van der Waals surface area contributed by atoms with E-state index in [4.69, 9.17) is 46.0 Å². The van der Waals surface area contributed by atoms with Crippen LogP contribution in [-0.4, -0.2) is 255 Å². The highest BCUT2D eigenvalue weighted by molar-refractivity contribution is 6.01. The maximum absolute atomic E-state index is 14.9. The summed E-state index contributed by atoms with van der Waals surface area (Å²) in [5.41, 5.74) is 43.5. The van der Waals surface area contributed by atoms with E-state index in [1.165, 1.54) is 0 Å². The Balaban J connectivity index is 7.27. The summed E-state index contributed by atoms with van der Waals surface area (Å²) >= 11 is 0. The summed E-state index contributed by atoms with van der Waals surface area (Å²) in [6.45, 7) is 29.5. The van der Waals surface area contributed by atoms with E-state index >= 15 is 0 Å². The van der Waals surface area contributed by atoms with Crippen molar-refractivity contribution in [1.29, 1.82) is 0 Å². The summed E-state index contributed by atoms with van der Waals surface area (Å²) in [4.78, 5) is 241. The summed E-state index contributed by atoms with van der Waals surface area (Å²) < 4.78 is 0. The van der Waals surface area contributed by atoms with Crippen LogP contribution in [0.15, 0.2) is 0 Å². The first-order chi connectivity index (χ1) is 65.1. The van der Waals surface area contributed by atoms with Gasteiger partial charge in [0, 0.05) is 13.0 Å². The van der Waals surface area contributed by atoms with Gasteiger partial charge in [0.1, 0.15) is 84.6 Å². The molecule has 0 saturated heterocycles. The number of nitrogens with two attached hydrogens (primary N) is 8. The number of hydrogen-bond donors (Lipinski definition) is 26. The van der Waals surface area contributed by atoms with Crippen LogP contribution in [0.25, 0.3) is 0 Å². The molecule has 43 heteroatoms. The number of aliphatic hydroxyl groups is 1. The van der Waals surface area contributed by atoms with Crippen molar-refractivity contribution in [2.24, 2.45) is 93.3 Å². The Labute approximate surface area is 820 Å². The molecule has 0 aliphatic rings. The normalized spacial score (nSPS) is 14.8. The molecule has 0 bridgehead atoms. The quantitative estimate of drug-likeness (QED) is 0.0151. The number of unbranched alkanes of at least 4 members (excludes halogenated alkanes) is 8. The van der Waals surface area contributed by atoms with Gasteiger partial charge in [0.25, 0.3) is 0 Å². The van der Waals surface area contributed by atoms with Gasteiger partial charge in [0.15, 0.2) is 0 Å². The van der Waals surface area contributed by atoms with E-state index in [2.05, 4.69) is 90.5 Å². The van der Waals surface area contributed by atoms with Crippen molar-refractivity contribution >= 4 is 100 Å². The van der Waals surface area contributed by atoms with Crippen LogP contribution in [0.2, 0.25) is 0 Å². The Kier molecular flexibility index (Phi) is 68.7. The fourth-order valence-electron chi connectivity index (χ4n) is 15.4. The molecule has 138 heavy (non-hydrogen) atoms. The van der Waals surface area contributed by atoms with Gasteiger partial charge in [-0.1, -0.05) is 117 Å². The molecule has 0 unspecified atom stereocenters. The highest BCUT2D eigenvalue weighted by Gasteiger charge is 2.40. The summed E-state index contributed by atoms with van der Waals surface area (Å²) in [6.07, 6.45) is 8.10. The lowest BCUT2D eigenvalue weighted by Gasteiger charge is -2.30. The van der Waals surface area contributed by atoms with Gasteiger partial charge in [-0.3, -0.25) is 86.9 Å². The maximum atomic E-state index is 14.9. The first-order valence-corrected chi connectivity index (χ1v) is 50.5. The lowest BCUT2D eigenvalue weighted by molar-refractivity contribution is -0.137. The van der Waals surface area contributed by atoms with Crippen LogP contribution in [0.5, 0.6) is 0 Å². The van der Waals surface area contributed by atoms with E-state index < -0.39 is 198 Å². The molecular weight excluding hydrogens is 1780 g/mol. The van der Waals surface area contributed by atoms with Crippen molar-refractivity contribution in [3.63, 3.8) is 0 Å². The Morgan fingerprint density at radius 1 is 0.217 bits per heavy atom.